The van der Waals surface area contributed by atoms with Gasteiger partial charge in [0.05, 0.1) is 12.5 Å². The average molecular weight is 421 g/mol. The lowest BCUT2D eigenvalue weighted by atomic mass is 9.45. The molecule has 0 saturated heterocycles. The van der Waals surface area contributed by atoms with Crippen molar-refractivity contribution in [3.63, 3.8) is 0 Å². The SMILES string of the molecule is CC(=O)O[C@@H](CO)COC(=O)[C@@H]1[C@@H](C)CC[C@@]2(C)C(CCC=C(C)C)=CCC[C@@]12C. The van der Waals surface area contributed by atoms with E-state index in [0.29, 0.717) is 0 Å². The van der Waals surface area contributed by atoms with Gasteiger partial charge in [0.15, 0.2) is 6.10 Å². The van der Waals surface area contributed by atoms with Crippen molar-refractivity contribution in [2.45, 2.75) is 86.2 Å². The monoisotopic (exact) mass is 420 g/mol. The number of carbonyl (C=O) groups excluding carboxylic acids is 2. The normalized spacial score (nSPS) is 31.8. The lowest BCUT2D eigenvalue weighted by molar-refractivity contribution is -0.174. The molecule has 0 amide bonds. The molecule has 0 aromatic rings. The van der Waals surface area contributed by atoms with Crippen LogP contribution in [0.5, 0.6) is 0 Å². The molecule has 0 spiro atoms. The van der Waals surface area contributed by atoms with E-state index >= 15 is 0 Å². The summed E-state index contributed by atoms with van der Waals surface area (Å²) in [5.74, 6) is -0.699. The zero-order valence-electron chi connectivity index (χ0n) is 19.6. The molecule has 170 valence electrons. The van der Waals surface area contributed by atoms with Crippen molar-refractivity contribution < 1.29 is 24.2 Å². The Labute approximate surface area is 181 Å². The number of aliphatic hydroxyl groups excluding tert-OH is 1. The molecular formula is C25H40O5. The van der Waals surface area contributed by atoms with E-state index in [1.807, 2.05) is 0 Å². The second-order valence-corrected chi connectivity index (χ2v) is 9.88. The minimum atomic E-state index is -0.810. The molecule has 1 N–H and O–H groups in total. The van der Waals surface area contributed by atoms with Gasteiger partial charge >= 0.3 is 11.9 Å². The summed E-state index contributed by atoms with van der Waals surface area (Å²) in [5.41, 5.74) is 2.62. The highest BCUT2D eigenvalue weighted by Crippen LogP contribution is 2.63. The maximum absolute atomic E-state index is 13.3. The summed E-state index contributed by atoms with van der Waals surface area (Å²) in [5, 5.41) is 9.40. The van der Waals surface area contributed by atoms with Gasteiger partial charge in [-0.1, -0.05) is 44.1 Å². The third-order valence-electron chi connectivity index (χ3n) is 7.55. The number of ether oxygens (including phenoxy) is 2. The van der Waals surface area contributed by atoms with Crippen LogP contribution < -0.4 is 0 Å². The number of hydrogen-bond acceptors (Lipinski definition) is 5. The lowest BCUT2D eigenvalue weighted by Gasteiger charge is -2.59. The third-order valence-corrected chi connectivity index (χ3v) is 7.55. The number of hydrogen-bond donors (Lipinski definition) is 1. The summed E-state index contributed by atoms with van der Waals surface area (Å²) in [6.07, 6.45) is 9.97. The Morgan fingerprint density at radius 3 is 2.57 bits per heavy atom. The summed E-state index contributed by atoms with van der Waals surface area (Å²) in [4.78, 5) is 24.4. The van der Waals surface area contributed by atoms with Crippen LogP contribution in [0.4, 0.5) is 0 Å². The van der Waals surface area contributed by atoms with Gasteiger partial charge in [-0.15, -0.1) is 0 Å². The molecule has 1 saturated carbocycles. The molecule has 1 fully saturated rings. The van der Waals surface area contributed by atoms with Crippen molar-refractivity contribution in [1.29, 1.82) is 0 Å². The van der Waals surface area contributed by atoms with Crippen LogP contribution in [0.3, 0.4) is 0 Å². The summed E-state index contributed by atoms with van der Waals surface area (Å²) >= 11 is 0. The predicted octanol–water partition coefficient (Wildman–Crippen LogP) is 4.98. The molecule has 2 aliphatic rings. The largest absolute Gasteiger partial charge is 0.461 e. The van der Waals surface area contributed by atoms with E-state index in [9.17, 15) is 14.7 Å². The molecule has 0 radical (unpaired) electrons. The van der Waals surface area contributed by atoms with E-state index in [1.54, 1.807) is 0 Å². The van der Waals surface area contributed by atoms with Gasteiger partial charge in [0.25, 0.3) is 0 Å². The molecule has 0 aliphatic heterocycles. The van der Waals surface area contributed by atoms with Crippen molar-refractivity contribution in [3.8, 4) is 0 Å². The van der Waals surface area contributed by atoms with Gasteiger partial charge in [-0.05, 0) is 69.1 Å². The Morgan fingerprint density at radius 2 is 1.97 bits per heavy atom. The smallest absolute Gasteiger partial charge is 0.309 e. The number of esters is 2. The van der Waals surface area contributed by atoms with Crippen LogP contribution in [-0.2, 0) is 19.1 Å². The molecule has 30 heavy (non-hydrogen) atoms. The topological polar surface area (TPSA) is 72.8 Å². The van der Waals surface area contributed by atoms with Gasteiger partial charge in [-0.2, -0.15) is 0 Å². The molecular weight excluding hydrogens is 380 g/mol. The van der Waals surface area contributed by atoms with Crippen molar-refractivity contribution in [2.75, 3.05) is 13.2 Å². The van der Waals surface area contributed by atoms with Crippen LogP contribution in [0, 0.1) is 22.7 Å². The van der Waals surface area contributed by atoms with Crippen LogP contribution in [0.1, 0.15) is 80.1 Å². The molecule has 0 heterocycles. The van der Waals surface area contributed by atoms with Gasteiger partial charge in [-0.3, -0.25) is 9.59 Å². The number of fused-ring (bicyclic) bond motifs is 1. The fraction of sp³-hybridized carbons (Fsp3) is 0.760. The van der Waals surface area contributed by atoms with Crippen LogP contribution in [0.25, 0.3) is 0 Å². The number of aliphatic hydroxyl groups is 1. The highest BCUT2D eigenvalue weighted by Gasteiger charge is 2.58. The fourth-order valence-corrected chi connectivity index (χ4v) is 5.68. The summed E-state index contributed by atoms with van der Waals surface area (Å²) < 4.78 is 10.6. The quantitative estimate of drug-likeness (QED) is 0.443. The van der Waals surface area contributed by atoms with E-state index < -0.39 is 12.1 Å². The highest BCUT2D eigenvalue weighted by molar-refractivity contribution is 5.74. The first-order valence-electron chi connectivity index (χ1n) is 11.3. The van der Waals surface area contributed by atoms with E-state index in [2.05, 4.69) is 46.8 Å². The predicted molar refractivity (Wildman–Crippen MR) is 118 cm³/mol. The first-order valence-corrected chi connectivity index (χ1v) is 11.3. The first kappa shape index (κ1) is 24.6. The molecule has 0 aromatic carbocycles. The fourth-order valence-electron chi connectivity index (χ4n) is 5.68. The lowest BCUT2D eigenvalue weighted by Crippen LogP contribution is -2.55. The minimum Gasteiger partial charge on any atom is -0.461 e. The molecule has 5 nitrogen and oxygen atoms in total. The zero-order valence-corrected chi connectivity index (χ0v) is 19.6. The summed E-state index contributed by atoms with van der Waals surface area (Å²) in [7, 11) is 0. The van der Waals surface area contributed by atoms with Gasteiger partial charge < -0.3 is 14.6 Å². The van der Waals surface area contributed by atoms with Gasteiger partial charge in [0.1, 0.15) is 6.61 Å². The van der Waals surface area contributed by atoms with Crippen LogP contribution in [0.2, 0.25) is 0 Å². The van der Waals surface area contributed by atoms with E-state index in [-0.39, 0.29) is 41.8 Å². The number of carbonyl (C=O) groups is 2. The third kappa shape index (κ3) is 5.16. The second kappa shape index (κ2) is 10.1. The van der Waals surface area contributed by atoms with Crippen LogP contribution >= 0.6 is 0 Å². The number of rotatable bonds is 8. The maximum Gasteiger partial charge on any atom is 0.309 e. The van der Waals surface area contributed by atoms with Crippen molar-refractivity contribution >= 4 is 11.9 Å². The molecule has 2 rings (SSSR count). The minimum absolute atomic E-state index is 0.0246. The van der Waals surface area contributed by atoms with E-state index in [4.69, 9.17) is 9.47 Å². The van der Waals surface area contributed by atoms with Gasteiger partial charge in [0, 0.05) is 6.92 Å². The Hall–Kier alpha value is -1.62. The Balaban J connectivity index is 2.20. The average Bonchev–Trinajstić information content (AvgIpc) is 2.66. The van der Waals surface area contributed by atoms with E-state index in [0.717, 1.165) is 38.5 Å². The Kier molecular flexibility index (Phi) is 8.32. The maximum atomic E-state index is 13.3. The van der Waals surface area contributed by atoms with Crippen LogP contribution in [-0.4, -0.2) is 36.4 Å². The molecule has 5 heteroatoms. The zero-order chi connectivity index (χ0) is 22.5. The van der Waals surface area contributed by atoms with Crippen molar-refractivity contribution in [1.82, 2.24) is 0 Å². The Morgan fingerprint density at radius 1 is 1.27 bits per heavy atom. The standard InChI is InChI=1S/C25H40O5/c1-17(2)9-7-10-20-11-8-13-25(6)22(18(3)12-14-24(20,25)5)23(28)29-16-21(15-26)30-19(4)27/h9,11,18,21-22,26H,7-8,10,12-16H2,1-6H3/t18-,21-,22-,24-,25-/m0/s1. The highest BCUT2D eigenvalue weighted by atomic mass is 16.6. The summed E-state index contributed by atoms with van der Waals surface area (Å²) in [6.45, 7) is 11.8. The number of allylic oxidation sites excluding steroid dienone is 4. The Bertz CT molecular complexity index is 690. The second-order valence-electron chi connectivity index (χ2n) is 9.88. The molecule has 0 bridgehead atoms. The molecule has 2 aliphatic carbocycles. The van der Waals surface area contributed by atoms with Crippen molar-refractivity contribution in [2.24, 2.45) is 22.7 Å². The van der Waals surface area contributed by atoms with Crippen LogP contribution in [0.15, 0.2) is 23.3 Å². The summed E-state index contributed by atoms with van der Waals surface area (Å²) in [6, 6.07) is 0. The van der Waals surface area contributed by atoms with E-state index in [1.165, 1.54) is 18.1 Å². The van der Waals surface area contributed by atoms with Crippen molar-refractivity contribution in [3.05, 3.63) is 23.3 Å². The van der Waals surface area contributed by atoms with Gasteiger partial charge in [0.2, 0.25) is 0 Å². The van der Waals surface area contributed by atoms with Gasteiger partial charge in [-0.25, -0.2) is 0 Å². The molecule has 5 atom stereocenters. The molecule has 0 aromatic heterocycles. The first-order chi connectivity index (χ1) is 14.0. The molecule has 0 unspecified atom stereocenters.